The first-order valence-corrected chi connectivity index (χ1v) is 9.27. The number of nitrogens with two attached hydrogens (primary N) is 1. The van der Waals surface area contributed by atoms with E-state index in [-0.39, 0.29) is 0 Å². The average Bonchev–Trinajstić information content (AvgIpc) is 3.19. The van der Waals surface area contributed by atoms with Crippen LogP contribution in [0, 0.1) is 0 Å². The number of nitrogens with zero attached hydrogens (tertiary/aromatic N) is 4. The molecule has 0 radical (unpaired) electrons. The number of anilines is 3. The third kappa shape index (κ3) is 2.99. The van der Waals surface area contributed by atoms with E-state index >= 15 is 0 Å². The molecule has 3 heterocycles. The van der Waals surface area contributed by atoms with Crippen LogP contribution in [0.4, 0.5) is 17.3 Å². The highest BCUT2D eigenvalue weighted by atomic mass is 32.2. The smallest absolute Gasteiger partial charge is 0.214 e. The highest BCUT2D eigenvalue weighted by molar-refractivity contribution is 7.99. The number of nitrogens with one attached hydrogen (secondary N) is 2. The van der Waals surface area contributed by atoms with Gasteiger partial charge in [0.1, 0.15) is 5.52 Å². The first-order valence-electron chi connectivity index (χ1n) is 8.46. The minimum Gasteiger partial charge on any atom is -0.399 e. The summed E-state index contributed by atoms with van der Waals surface area (Å²) in [4.78, 5) is 5.73. The molecule has 4 N–H and O–H groups in total. The molecule has 5 rings (SSSR count). The lowest BCUT2D eigenvalue weighted by Crippen LogP contribution is -2.02. The molecule has 1 fully saturated rings. The Kier molecular flexibility index (Phi) is 3.56. The first kappa shape index (κ1) is 15.3. The van der Waals surface area contributed by atoms with Crippen LogP contribution in [-0.2, 0) is 0 Å². The number of hydrogen-bond donors (Lipinski definition) is 3. The van der Waals surface area contributed by atoms with Crippen LogP contribution >= 0.6 is 11.8 Å². The highest BCUT2D eigenvalue weighted by Crippen LogP contribution is 2.39. The molecular weight excluding hydrogens is 346 g/mol. The van der Waals surface area contributed by atoms with Crippen LogP contribution in [0.2, 0.25) is 0 Å². The Morgan fingerprint density at radius 1 is 1.19 bits per heavy atom. The maximum Gasteiger partial charge on any atom is 0.214 e. The van der Waals surface area contributed by atoms with E-state index in [0.717, 1.165) is 27.7 Å². The van der Waals surface area contributed by atoms with Gasteiger partial charge in [0.25, 0.3) is 0 Å². The van der Waals surface area contributed by atoms with Crippen molar-refractivity contribution in [2.45, 2.75) is 28.8 Å². The SMILES string of the molecule is Nc1ccc(Sc2nc(Nc3cc(C4CC4)[nH]n3)c3cccn3n2)cc1. The van der Waals surface area contributed by atoms with E-state index in [0.29, 0.717) is 11.1 Å². The van der Waals surface area contributed by atoms with E-state index < -0.39 is 0 Å². The monoisotopic (exact) mass is 363 g/mol. The van der Waals surface area contributed by atoms with Crippen molar-refractivity contribution < 1.29 is 0 Å². The van der Waals surface area contributed by atoms with Crippen molar-refractivity contribution in [2.75, 3.05) is 11.1 Å². The third-order valence-corrected chi connectivity index (χ3v) is 5.19. The molecule has 0 atom stereocenters. The van der Waals surface area contributed by atoms with Gasteiger partial charge in [0.05, 0.1) is 0 Å². The van der Waals surface area contributed by atoms with Gasteiger partial charge in [-0.2, -0.15) is 5.10 Å². The minimum atomic E-state index is 0.633. The molecule has 0 aliphatic heterocycles. The molecule has 0 bridgehead atoms. The summed E-state index contributed by atoms with van der Waals surface area (Å²) in [5.74, 6) is 2.14. The molecule has 1 aliphatic rings. The average molecular weight is 363 g/mol. The summed E-state index contributed by atoms with van der Waals surface area (Å²) >= 11 is 1.49. The van der Waals surface area contributed by atoms with Crippen LogP contribution in [0.5, 0.6) is 0 Å². The Morgan fingerprint density at radius 2 is 2.04 bits per heavy atom. The van der Waals surface area contributed by atoms with E-state index in [2.05, 4.69) is 26.7 Å². The van der Waals surface area contributed by atoms with Gasteiger partial charge in [-0.25, -0.2) is 9.50 Å². The molecule has 1 aliphatic carbocycles. The summed E-state index contributed by atoms with van der Waals surface area (Å²) in [5.41, 5.74) is 8.58. The molecule has 3 aromatic heterocycles. The summed E-state index contributed by atoms with van der Waals surface area (Å²) in [7, 11) is 0. The molecule has 8 heteroatoms. The van der Waals surface area contributed by atoms with Gasteiger partial charge in [-0.3, -0.25) is 5.10 Å². The fourth-order valence-corrected chi connectivity index (χ4v) is 3.57. The lowest BCUT2D eigenvalue weighted by molar-refractivity contribution is 0.801. The van der Waals surface area contributed by atoms with Crippen molar-refractivity contribution in [3.8, 4) is 0 Å². The molecule has 1 saturated carbocycles. The Bertz CT molecular complexity index is 1060. The van der Waals surface area contributed by atoms with Crippen molar-refractivity contribution >= 4 is 34.6 Å². The van der Waals surface area contributed by atoms with Crippen molar-refractivity contribution in [2.24, 2.45) is 0 Å². The predicted octanol–water partition coefficient (Wildman–Crippen LogP) is 3.81. The van der Waals surface area contributed by atoms with Crippen LogP contribution in [0.1, 0.15) is 24.5 Å². The quantitative estimate of drug-likeness (QED) is 0.467. The van der Waals surface area contributed by atoms with Crippen LogP contribution in [0.3, 0.4) is 0 Å². The maximum atomic E-state index is 5.75. The molecule has 0 amide bonds. The van der Waals surface area contributed by atoms with Crippen molar-refractivity contribution in [1.82, 2.24) is 24.8 Å². The van der Waals surface area contributed by atoms with Gasteiger partial charge in [0, 0.05) is 34.5 Å². The molecule has 130 valence electrons. The van der Waals surface area contributed by atoms with E-state index in [1.165, 1.54) is 30.3 Å². The molecule has 4 aromatic rings. The summed E-state index contributed by atoms with van der Waals surface area (Å²) in [6.45, 7) is 0. The number of aromatic amines is 1. The van der Waals surface area contributed by atoms with Crippen LogP contribution < -0.4 is 11.1 Å². The van der Waals surface area contributed by atoms with Crippen LogP contribution in [0.25, 0.3) is 5.52 Å². The largest absolute Gasteiger partial charge is 0.399 e. The molecule has 0 spiro atoms. The van der Waals surface area contributed by atoms with E-state index in [4.69, 9.17) is 10.7 Å². The number of hydrogen-bond acceptors (Lipinski definition) is 6. The van der Waals surface area contributed by atoms with Gasteiger partial charge in [0.15, 0.2) is 11.6 Å². The van der Waals surface area contributed by atoms with Gasteiger partial charge >= 0.3 is 0 Å². The van der Waals surface area contributed by atoms with E-state index in [1.54, 1.807) is 0 Å². The second-order valence-electron chi connectivity index (χ2n) is 6.36. The third-order valence-electron chi connectivity index (χ3n) is 4.32. The Hall–Kier alpha value is -3.00. The van der Waals surface area contributed by atoms with Crippen molar-refractivity contribution in [3.05, 3.63) is 54.4 Å². The summed E-state index contributed by atoms with van der Waals surface area (Å²) < 4.78 is 1.82. The van der Waals surface area contributed by atoms with Crippen LogP contribution in [-0.4, -0.2) is 24.8 Å². The summed E-state index contributed by atoms with van der Waals surface area (Å²) in [6.07, 6.45) is 4.39. The van der Waals surface area contributed by atoms with Crippen molar-refractivity contribution in [1.29, 1.82) is 0 Å². The molecule has 0 saturated heterocycles. The van der Waals surface area contributed by atoms with Crippen molar-refractivity contribution in [3.63, 3.8) is 0 Å². The second kappa shape index (κ2) is 6.06. The number of fused-ring (bicyclic) bond motifs is 1. The fraction of sp³-hybridized carbons (Fsp3) is 0.167. The number of aromatic nitrogens is 5. The molecule has 7 nitrogen and oxygen atoms in total. The standard InChI is InChI=1S/C18H17N7S/c19-12-5-7-13(8-6-12)26-18-21-17(15-2-1-9-25(15)24-18)20-16-10-14(22-23-16)11-3-4-11/h1-2,5-11H,3-4,19H2,(H2,20,21,22,23,24). The Morgan fingerprint density at radius 3 is 2.85 bits per heavy atom. The number of H-pyrrole nitrogens is 1. The van der Waals surface area contributed by atoms with Gasteiger partial charge in [0.2, 0.25) is 5.16 Å². The zero-order valence-corrected chi connectivity index (χ0v) is 14.7. The van der Waals surface area contributed by atoms with Gasteiger partial charge in [-0.15, -0.1) is 5.10 Å². The lowest BCUT2D eigenvalue weighted by atomic mass is 10.3. The summed E-state index contributed by atoms with van der Waals surface area (Å²) in [5, 5.41) is 16.0. The molecule has 0 unspecified atom stereocenters. The van der Waals surface area contributed by atoms with Gasteiger partial charge in [-0.05, 0) is 61.0 Å². The predicted molar refractivity (Wildman–Crippen MR) is 102 cm³/mol. The topological polar surface area (TPSA) is 96.9 Å². The molecular formula is C18H17N7S. The normalized spacial score (nSPS) is 14.0. The molecule has 26 heavy (non-hydrogen) atoms. The second-order valence-corrected chi connectivity index (χ2v) is 7.40. The van der Waals surface area contributed by atoms with Gasteiger partial charge in [-0.1, -0.05) is 0 Å². The van der Waals surface area contributed by atoms with E-state index in [9.17, 15) is 0 Å². The van der Waals surface area contributed by atoms with Crippen LogP contribution in [0.15, 0.2) is 58.7 Å². The lowest BCUT2D eigenvalue weighted by Gasteiger charge is -2.08. The first-order chi connectivity index (χ1) is 12.7. The Balaban J connectivity index is 1.46. The number of benzene rings is 1. The zero-order chi connectivity index (χ0) is 17.5. The Labute approximate surface area is 154 Å². The zero-order valence-electron chi connectivity index (χ0n) is 13.9. The van der Waals surface area contributed by atoms with Gasteiger partial charge < -0.3 is 11.1 Å². The number of nitrogen functional groups attached to an aromatic ring is 1. The highest BCUT2D eigenvalue weighted by Gasteiger charge is 2.25. The minimum absolute atomic E-state index is 0.633. The molecule has 1 aromatic carbocycles. The summed E-state index contributed by atoms with van der Waals surface area (Å²) in [6, 6.07) is 13.7. The van der Waals surface area contributed by atoms with E-state index in [1.807, 2.05) is 47.1 Å². The maximum absolute atomic E-state index is 5.75. The number of rotatable bonds is 5. The fourth-order valence-electron chi connectivity index (χ4n) is 2.82.